The van der Waals surface area contributed by atoms with Crippen LogP contribution >= 0.6 is 38.9 Å². The molecule has 0 fully saturated rings. The summed E-state index contributed by atoms with van der Waals surface area (Å²) in [6.07, 6.45) is -0.779. The smallest absolute Gasteiger partial charge is 0.128 e. The standard InChI is InChI=1S/C14H14BrClO2S/c1-7-6-9(15)8(2)11(13(7)18-3)12(17)14-10(16)4-5-19-14/h4-6,12,17H,1-3H3. The summed E-state index contributed by atoms with van der Waals surface area (Å²) >= 11 is 11.1. The van der Waals surface area contributed by atoms with E-state index in [0.717, 1.165) is 26.0 Å². The lowest BCUT2D eigenvalue weighted by Crippen LogP contribution is -2.06. The molecule has 0 saturated heterocycles. The lowest BCUT2D eigenvalue weighted by Gasteiger charge is -2.20. The van der Waals surface area contributed by atoms with Gasteiger partial charge in [0.15, 0.2) is 0 Å². The molecule has 2 aromatic rings. The zero-order valence-corrected chi connectivity index (χ0v) is 14.0. The summed E-state index contributed by atoms with van der Waals surface area (Å²) in [6, 6.07) is 3.78. The lowest BCUT2D eigenvalue weighted by atomic mass is 9.98. The average molecular weight is 362 g/mol. The predicted octanol–water partition coefficient (Wildman–Crippen LogP) is 4.87. The van der Waals surface area contributed by atoms with Crippen LogP contribution in [-0.2, 0) is 0 Å². The summed E-state index contributed by atoms with van der Waals surface area (Å²) in [7, 11) is 1.61. The number of rotatable bonds is 3. The van der Waals surface area contributed by atoms with E-state index in [0.29, 0.717) is 10.8 Å². The van der Waals surface area contributed by atoms with Gasteiger partial charge in [-0.15, -0.1) is 11.3 Å². The Kier molecular flexibility index (Phi) is 4.56. The van der Waals surface area contributed by atoms with Crippen LogP contribution in [0.5, 0.6) is 5.75 Å². The Hall–Kier alpha value is -0.550. The van der Waals surface area contributed by atoms with Crippen LogP contribution in [0.15, 0.2) is 22.0 Å². The topological polar surface area (TPSA) is 29.5 Å². The molecule has 19 heavy (non-hydrogen) atoms. The molecule has 2 nitrogen and oxygen atoms in total. The summed E-state index contributed by atoms with van der Waals surface area (Å²) < 4.78 is 6.40. The summed E-state index contributed by atoms with van der Waals surface area (Å²) in [5, 5.41) is 13.1. The third-order valence-corrected chi connectivity index (χ3v) is 5.31. The quantitative estimate of drug-likeness (QED) is 0.845. The molecule has 0 bridgehead atoms. The normalized spacial score (nSPS) is 12.5. The number of halogens is 2. The van der Waals surface area contributed by atoms with Gasteiger partial charge in [-0.25, -0.2) is 0 Å². The Labute approximate surface area is 130 Å². The Morgan fingerprint density at radius 1 is 1.42 bits per heavy atom. The highest BCUT2D eigenvalue weighted by atomic mass is 79.9. The summed E-state index contributed by atoms with van der Waals surface area (Å²) in [5.74, 6) is 0.706. The van der Waals surface area contributed by atoms with Crippen molar-refractivity contribution in [1.29, 1.82) is 0 Å². The molecule has 0 aliphatic carbocycles. The highest BCUT2D eigenvalue weighted by Gasteiger charge is 2.24. The van der Waals surface area contributed by atoms with Crippen molar-refractivity contribution in [2.24, 2.45) is 0 Å². The third kappa shape index (κ3) is 2.68. The van der Waals surface area contributed by atoms with E-state index >= 15 is 0 Å². The fraction of sp³-hybridized carbons (Fsp3) is 0.286. The lowest BCUT2D eigenvalue weighted by molar-refractivity contribution is 0.217. The van der Waals surface area contributed by atoms with Crippen molar-refractivity contribution >= 4 is 38.9 Å². The van der Waals surface area contributed by atoms with E-state index in [9.17, 15) is 5.11 Å². The van der Waals surface area contributed by atoms with Crippen LogP contribution in [0.1, 0.15) is 27.7 Å². The van der Waals surface area contributed by atoms with Gasteiger partial charge < -0.3 is 9.84 Å². The molecule has 0 saturated carbocycles. The maximum atomic E-state index is 10.6. The molecule has 0 amide bonds. The van der Waals surface area contributed by atoms with Gasteiger partial charge in [0.2, 0.25) is 0 Å². The molecule has 1 atom stereocenters. The van der Waals surface area contributed by atoms with Crippen molar-refractivity contribution in [3.05, 3.63) is 48.6 Å². The Bertz CT molecular complexity index is 610. The van der Waals surface area contributed by atoms with Crippen LogP contribution in [0.4, 0.5) is 0 Å². The SMILES string of the molecule is COc1c(C)cc(Br)c(C)c1C(O)c1sccc1Cl. The van der Waals surface area contributed by atoms with E-state index in [1.165, 1.54) is 11.3 Å². The first kappa shape index (κ1) is 14.9. The molecule has 0 aliphatic rings. The van der Waals surface area contributed by atoms with Gasteiger partial charge in [0.1, 0.15) is 11.9 Å². The number of aliphatic hydroxyl groups is 1. The number of aryl methyl sites for hydroxylation is 1. The molecule has 1 aromatic heterocycles. The van der Waals surface area contributed by atoms with E-state index in [4.69, 9.17) is 16.3 Å². The van der Waals surface area contributed by atoms with E-state index in [-0.39, 0.29) is 0 Å². The minimum Gasteiger partial charge on any atom is -0.496 e. The van der Waals surface area contributed by atoms with Crippen LogP contribution in [0.25, 0.3) is 0 Å². The van der Waals surface area contributed by atoms with E-state index < -0.39 is 6.10 Å². The highest BCUT2D eigenvalue weighted by Crippen LogP contribution is 2.41. The summed E-state index contributed by atoms with van der Waals surface area (Å²) in [5.41, 5.74) is 2.69. The van der Waals surface area contributed by atoms with E-state index in [2.05, 4.69) is 15.9 Å². The number of hydrogen-bond donors (Lipinski definition) is 1. The third-order valence-electron chi connectivity index (χ3n) is 3.08. The van der Waals surface area contributed by atoms with Crippen LogP contribution in [0.2, 0.25) is 5.02 Å². The zero-order valence-electron chi connectivity index (χ0n) is 10.8. The average Bonchev–Trinajstić information content (AvgIpc) is 2.79. The Balaban J connectivity index is 2.64. The van der Waals surface area contributed by atoms with Gasteiger partial charge in [-0.3, -0.25) is 0 Å². The summed E-state index contributed by atoms with van der Waals surface area (Å²) in [6.45, 7) is 3.90. The number of hydrogen-bond acceptors (Lipinski definition) is 3. The maximum Gasteiger partial charge on any atom is 0.128 e. The number of benzene rings is 1. The maximum absolute atomic E-state index is 10.6. The second kappa shape index (κ2) is 5.83. The van der Waals surface area contributed by atoms with E-state index in [1.807, 2.05) is 25.3 Å². The fourth-order valence-corrected chi connectivity index (χ4v) is 3.82. The van der Waals surface area contributed by atoms with Crippen LogP contribution in [0, 0.1) is 13.8 Å². The monoisotopic (exact) mass is 360 g/mol. The van der Waals surface area contributed by atoms with Crippen LogP contribution < -0.4 is 4.74 Å². The first-order chi connectivity index (χ1) is 8.97. The second-order valence-corrected chi connectivity index (χ2v) is 6.49. The van der Waals surface area contributed by atoms with Gasteiger partial charge in [-0.2, -0.15) is 0 Å². The van der Waals surface area contributed by atoms with Crippen molar-refractivity contribution in [3.63, 3.8) is 0 Å². The molecule has 1 aromatic carbocycles. The molecule has 1 unspecified atom stereocenters. The molecule has 0 spiro atoms. The highest BCUT2D eigenvalue weighted by molar-refractivity contribution is 9.10. The number of aliphatic hydroxyl groups excluding tert-OH is 1. The number of thiophene rings is 1. The molecule has 2 rings (SSSR count). The van der Waals surface area contributed by atoms with Gasteiger partial charge in [-0.1, -0.05) is 27.5 Å². The zero-order chi connectivity index (χ0) is 14.2. The van der Waals surface area contributed by atoms with Gasteiger partial charge >= 0.3 is 0 Å². The van der Waals surface area contributed by atoms with Crippen molar-refractivity contribution in [3.8, 4) is 5.75 Å². The molecular formula is C14H14BrClO2S. The summed E-state index contributed by atoms with van der Waals surface area (Å²) in [4.78, 5) is 0.737. The number of ether oxygens (including phenoxy) is 1. The first-order valence-corrected chi connectivity index (χ1v) is 7.77. The molecule has 0 aliphatic heterocycles. The second-order valence-electron chi connectivity index (χ2n) is 4.28. The van der Waals surface area contributed by atoms with Crippen molar-refractivity contribution in [1.82, 2.24) is 0 Å². The molecular weight excluding hydrogens is 348 g/mol. The molecule has 0 radical (unpaired) electrons. The van der Waals surface area contributed by atoms with Gasteiger partial charge in [0, 0.05) is 10.0 Å². The minimum atomic E-state index is -0.779. The van der Waals surface area contributed by atoms with Crippen molar-refractivity contribution < 1.29 is 9.84 Å². The van der Waals surface area contributed by atoms with Crippen molar-refractivity contribution in [2.45, 2.75) is 20.0 Å². The Morgan fingerprint density at radius 2 is 2.11 bits per heavy atom. The Morgan fingerprint density at radius 3 is 2.63 bits per heavy atom. The van der Waals surface area contributed by atoms with Gasteiger partial charge in [-0.05, 0) is 42.5 Å². The molecule has 5 heteroatoms. The van der Waals surface area contributed by atoms with Crippen molar-refractivity contribution in [2.75, 3.05) is 7.11 Å². The van der Waals surface area contributed by atoms with E-state index in [1.54, 1.807) is 13.2 Å². The fourth-order valence-electron chi connectivity index (χ4n) is 2.11. The van der Waals surface area contributed by atoms with Gasteiger partial charge in [0.25, 0.3) is 0 Å². The predicted molar refractivity (Wildman–Crippen MR) is 83.6 cm³/mol. The molecule has 1 heterocycles. The minimum absolute atomic E-state index is 0.580. The molecule has 1 N–H and O–H groups in total. The molecule has 102 valence electrons. The number of methoxy groups -OCH3 is 1. The van der Waals surface area contributed by atoms with Crippen LogP contribution in [0.3, 0.4) is 0 Å². The largest absolute Gasteiger partial charge is 0.496 e. The first-order valence-electron chi connectivity index (χ1n) is 5.72. The van der Waals surface area contributed by atoms with Gasteiger partial charge in [0.05, 0.1) is 17.0 Å². The van der Waals surface area contributed by atoms with Crippen LogP contribution in [-0.4, -0.2) is 12.2 Å².